The van der Waals surface area contributed by atoms with Gasteiger partial charge in [-0.15, -0.1) is 0 Å². The zero-order chi connectivity index (χ0) is 19.8. The van der Waals surface area contributed by atoms with Gasteiger partial charge in [0.25, 0.3) is 0 Å². The number of aromatic nitrogens is 2. The molecule has 0 unspecified atom stereocenters. The Balaban J connectivity index is 1.65. The van der Waals surface area contributed by atoms with Crippen molar-refractivity contribution in [3.63, 3.8) is 0 Å². The Morgan fingerprint density at radius 2 is 1.79 bits per heavy atom. The number of rotatable bonds is 4. The van der Waals surface area contributed by atoms with Crippen LogP contribution in [-0.2, 0) is 0 Å². The molecular weight excluding hydrogens is 383 g/mol. The van der Waals surface area contributed by atoms with Crippen LogP contribution in [-0.4, -0.2) is 14.7 Å². The van der Waals surface area contributed by atoms with Crippen LogP contribution >= 0.6 is 12.2 Å². The minimum atomic E-state index is -0.276. The second kappa shape index (κ2) is 7.59. The summed E-state index contributed by atoms with van der Waals surface area (Å²) in [6.07, 6.45) is 8.82. The number of pyridine rings is 1. The third-order valence-electron chi connectivity index (χ3n) is 6.04. The van der Waals surface area contributed by atoms with E-state index in [0.717, 1.165) is 11.4 Å². The Kier molecular flexibility index (Phi) is 4.79. The smallest absolute Gasteiger partial charge is 0.174 e. The lowest BCUT2D eigenvalue weighted by Gasteiger charge is -2.30. The van der Waals surface area contributed by atoms with Crippen molar-refractivity contribution in [1.82, 2.24) is 14.9 Å². The lowest BCUT2D eigenvalue weighted by atomic mass is 10.00. The molecule has 1 aliphatic carbocycles. The van der Waals surface area contributed by atoms with Crippen molar-refractivity contribution in [2.75, 3.05) is 4.90 Å². The summed E-state index contributed by atoms with van der Waals surface area (Å²) in [7, 11) is 0. The average Bonchev–Trinajstić information content (AvgIpc) is 3.48. The van der Waals surface area contributed by atoms with Gasteiger partial charge in [0.05, 0.1) is 17.4 Å². The zero-order valence-electron chi connectivity index (χ0n) is 16.0. The van der Waals surface area contributed by atoms with Crippen molar-refractivity contribution in [2.45, 2.75) is 43.8 Å². The fourth-order valence-electron chi connectivity index (χ4n) is 4.73. The lowest BCUT2D eigenvalue weighted by molar-refractivity contribution is 0.460. The molecule has 1 saturated heterocycles. The topological polar surface area (TPSA) is 33.1 Å². The first-order chi connectivity index (χ1) is 14.2. The number of nitrogens with zero attached hydrogens (tertiary/aromatic N) is 3. The summed E-state index contributed by atoms with van der Waals surface area (Å²) in [6, 6.07) is 17.1. The van der Waals surface area contributed by atoms with Gasteiger partial charge in [-0.3, -0.25) is 4.98 Å². The summed E-state index contributed by atoms with van der Waals surface area (Å²) in [5.41, 5.74) is 2.54. The fraction of sp³-hybridized carbons (Fsp3) is 0.304. The van der Waals surface area contributed by atoms with Crippen LogP contribution in [0.15, 0.2) is 67.0 Å². The van der Waals surface area contributed by atoms with Crippen molar-refractivity contribution in [2.24, 2.45) is 0 Å². The van der Waals surface area contributed by atoms with Gasteiger partial charge in [0.15, 0.2) is 5.11 Å². The number of hydrogen-bond acceptors (Lipinski definition) is 2. The Bertz CT molecular complexity index is 1010. The van der Waals surface area contributed by atoms with E-state index in [0.29, 0.717) is 16.8 Å². The van der Waals surface area contributed by atoms with Crippen LogP contribution in [0.25, 0.3) is 0 Å². The number of halogens is 1. The normalized spacial score (nSPS) is 22.2. The van der Waals surface area contributed by atoms with Gasteiger partial charge in [-0.05, 0) is 61.5 Å². The zero-order valence-corrected chi connectivity index (χ0v) is 16.9. The maximum atomic E-state index is 14.8. The van der Waals surface area contributed by atoms with Gasteiger partial charge >= 0.3 is 0 Å². The predicted octanol–water partition coefficient (Wildman–Crippen LogP) is 5.31. The molecule has 3 heterocycles. The molecule has 3 aromatic rings. The van der Waals surface area contributed by atoms with Crippen LogP contribution in [0.1, 0.15) is 55.2 Å². The van der Waals surface area contributed by atoms with Crippen molar-refractivity contribution in [3.05, 3.63) is 84.2 Å². The van der Waals surface area contributed by atoms with Crippen molar-refractivity contribution in [1.29, 1.82) is 0 Å². The molecule has 1 N–H and O–H groups in total. The highest BCUT2D eigenvalue weighted by Crippen LogP contribution is 2.44. The number of thiocarbonyl (C=S) groups is 1. The molecule has 5 rings (SSSR count). The van der Waals surface area contributed by atoms with Gasteiger partial charge in [0, 0.05) is 24.1 Å². The Morgan fingerprint density at radius 1 is 1.00 bits per heavy atom. The maximum absolute atomic E-state index is 14.8. The monoisotopic (exact) mass is 406 g/mol. The second-order valence-corrected chi connectivity index (χ2v) is 8.11. The summed E-state index contributed by atoms with van der Waals surface area (Å²) in [5.74, 6) is -0.276. The van der Waals surface area contributed by atoms with Gasteiger partial charge in [0.2, 0.25) is 0 Å². The summed E-state index contributed by atoms with van der Waals surface area (Å²) in [5, 5.41) is 3.94. The van der Waals surface area contributed by atoms with E-state index in [1.165, 1.54) is 31.7 Å². The number of para-hydroxylation sites is 1. The van der Waals surface area contributed by atoms with E-state index in [9.17, 15) is 4.39 Å². The summed E-state index contributed by atoms with van der Waals surface area (Å²) in [6.45, 7) is 0. The van der Waals surface area contributed by atoms with Crippen LogP contribution in [0.4, 0.5) is 10.1 Å². The lowest BCUT2D eigenvalue weighted by Crippen LogP contribution is -2.31. The SMILES string of the molecule is Fc1ccccc1N1C(=S)N[C@H](c2ccccn2)[C@@H]1c1cccn1C1CCCC1. The fourth-order valence-corrected chi connectivity index (χ4v) is 5.07. The molecule has 2 aromatic heterocycles. The number of anilines is 1. The maximum Gasteiger partial charge on any atom is 0.174 e. The van der Waals surface area contributed by atoms with E-state index in [1.54, 1.807) is 18.3 Å². The van der Waals surface area contributed by atoms with Crippen LogP contribution < -0.4 is 10.2 Å². The molecule has 1 aromatic carbocycles. The first kappa shape index (κ1) is 18.3. The molecule has 0 amide bonds. The van der Waals surface area contributed by atoms with E-state index in [1.807, 2.05) is 29.2 Å². The quantitative estimate of drug-likeness (QED) is 0.595. The van der Waals surface area contributed by atoms with Crippen molar-refractivity contribution < 1.29 is 4.39 Å². The molecular formula is C23H23FN4S. The van der Waals surface area contributed by atoms with Crippen LogP contribution in [0.2, 0.25) is 0 Å². The standard InChI is InChI=1S/C23H23FN4S/c24-17-10-3-4-12-19(17)28-22(20-13-7-15-27(20)16-8-1-2-9-16)21(26-23(28)29)18-11-5-6-14-25-18/h3-7,10-16,21-22H,1-2,8-9H2,(H,26,29)/t21-,22+/m1/s1. The van der Waals surface area contributed by atoms with E-state index in [2.05, 4.69) is 33.2 Å². The summed E-state index contributed by atoms with van der Waals surface area (Å²) in [4.78, 5) is 6.50. The average molecular weight is 407 g/mol. The molecule has 148 valence electrons. The Labute approximate surface area is 175 Å². The predicted molar refractivity (Wildman–Crippen MR) is 116 cm³/mol. The van der Waals surface area contributed by atoms with Gasteiger partial charge in [-0.25, -0.2) is 4.39 Å². The van der Waals surface area contributed by atoms with Gasteiger partial charge in [0.1, 0.15) is 11.9 Å². The van der Waals surface area contributed by atoms with Crippen LogP contribution in [0.5, 0.6) is 0 Å². The first-order valence-electron chi connectivity index (χ1n) is 10.2. The highest BCUT2D eigenvalue weighted by molar-refractivity contribution is 7.80. The summed E-state index contributed by atoms with van der Waals surface area (Å²) >= 11 is 5.70. The van der Waals surface area contributed by atoms with Gasteiger partial charge in [-0.1, -0.05) is 31.0 Å². The number of hydrogen-bond donors (Lipinski definition) is 1. The minimum Gasteiger partial charge on any atom is -0.351 e. The van der Waals surface area contributed by atoms with E-state index in [4.69, 9.17) is 12.2 Å². The van der Waals surface area contributed by atoms with Gasteiger partial charge in [-0.2, -0.15) is 0 Å². The van der Waals surface area contributed by atoms with E-state index in [-0.39, 0.29) is 17.9 Å². The van der Waals surface area contributed by atoms with Crippen LogP contribution in [0, 0.1) is 5.82 Å². The largest absolute Gasteiger partial charge is 0.351 e. The van der Waals surface area contributed by atoms with Crippen molar-refractivity contribution in [3.8, 4) is 0 Å². The van der Waals surface area contributed by atoms with E-state index >= 15 is 0 Å². The molecule has 1 aliphatic heterocycles. The molecule has 1 saturated carbocycles. The molecule has 2 aliphatic rings. The highest BCUT2D eigenvalue weighted by Gasteiger charge is 2.43. The molecule has 2 atom stereocenters. The Morgan fingerprint density at radius 3 is 2.55 bits per heavy atom. The van der Waals surface area contributed by atoms with Crippen LogP contribution in [0.3, 0.4) is 0 Å². The molecule has 0 radical (unpaired) electrons. The minimum absolute atomic E-state index is 0.154. The molecule has 29 heavy (non-hydrogen) atoms. The third-order valence-corrected chi connectivity index (χ3v) is 6.36. The molecule has 0 bridgehead atoms. The van der Waals surface area contributed by atoms with E-state index < -0.39 is 0 Å². The first-order valence-corrected chi connectivity index (χ1v) is 10.6. The second-order valence-electron chi connectivity index (χ2n) is 7.73. The number of benzene rings is 1. The molecule has 4 nitrogen and oxygen atoms in total. The molecule has 0 spiro atoms. The highest BCUT2D eigenvalue weighted by atomic mass is 32.1. The summed E-state index contributed by atoms with van der Waals surface area (Å²) < 4.78 is 17.2. The van der Waals surface area contributed by atoms with Gasteiger partial charge < -0.3 is 14.8 Å². The van der Waals surface area contributed by atoms with Crippen molar-refractivity contribution >= 4 is 23.0 Å². The molecule has 6 heteroatoms. The third kappa shape index (κ3) is 3.21. The molecule has 2 fully saturated rings. The number of nitrogens with one attached hydrogen (secondary N) is 1. The Hall–Kier alpha value is -2.73.